The first-order valence-corrected chi connectivity index (χ1v) is 11.0. The summed E-state index contributed by atoms with van der Waals surface area (Å²) in [6, 6.07) is 1.84. The molecule has 0 saturated carbocycles. The summed E-state index contributed by atoms with van der Waals surface area (Å²) >= 11 is 0. The number of nitrogens with one attached hydrogen (secondary N) is 1. The molecule has 9 nitrogen and oxygen atoms in total. The molecule has 0 spiro atoms. The van der Waals surface area contributed by atoms with E-state index in [1.165, 1.54) is 25.3 Å². The van der Waals surface area contributed by atoms with Crippen LogP contribution in [0, 0.1) is 5.82 Å². The second-order valence-electron chi connectivity index (χ2n) is 8.46. The molecule has 1 atom stereocenters. The highest BCUT2D eigenvalue weighted by Crippen LogP contribution is 2.36. The smallest absolute Gasteiger partial charge is 0.280 e. The molecule has 0 radical (unpaired) electrons. The summed E-state index contributed by atoms with van der Waals surface area (Å²) in [6.07, 6.45) is 0.808. The second-order valence-corrected chi connectivity index (χ2v) is 8.46. The Bertz CT molecular complexity index is 1510. The van der Waals surface area contributed by atoms with E-state index in [4.69, 9.17) is 8.85 Å². The van der Waals surface area contributed by atoms with Gasteiger partial charge in [-0.3, -0.25) is 0 Å². The Morgan fingerprint density at radius 2 is 2.11 bits per heavy atom. The van der Waals surface area contributed by atoms with Crippen molar-refractivity contribution in [2.75, 3.05) is 45.8 Å². The largest absolute Gasteiger partial charge is 0.479 e. The second kappa shape index (κ2) is 9.15. The van der Waals surface area contributed by atoms with Gasteiger partial charge in [0.1, 0.15) is 30.4 Å². The standard InChI is InChI=1S/C22H23F5N8O/c1-33-6-5-17(22(26,27)11-33)28-21-29-20(36-2)19-18(14(25)10-34(19)31-21)12-3-4-15-16(7-12)35(32-30-15)13(8-23)9-24/h3-4,7,10,13,17H,5-6,8-9,11H2,1-2H3,(H,28,31)/t17-/m1/s1/i1D3. The van der Waals surface area contributed by atoms with Crippen LogP contribution in [0.3, 0.4) is 0 Å². The van der Waals surface area contributed by atoms with Gasteiger partial charge in [-0.15, -0.1) is 10.2 Å². The van der Waals surface area contributed by atoms with Crippen molar-refractivity contribution in [3.63, 3.8) is 0 Å². The monoisotopic (exact) mass is 513 g/mol. The van der Waals surface area contributed by atoms with Crippen molar-refractivity contribution >= 4 is 22.5 Å². The summed E-state index contributed by atoms with van der Waals surface area (Å²) in [5.74, 6) is -4.58. The molecule has 1 aliphatic rings. The first kappa shape index (κ1) is 20.6. The van der Waals surface area contributed by atoms with Crippen LogP contribution in [0.1, 0.15) is 16.6 Å². The molecule has 0 aliphatic carbocycles. The molecule has 1 aromatic carbocycles. The quantitative estimate of drug-likeness (QED) is 0.379. The maximum atomic E-state index is 15.3. The minimum absolute atomic E-state index is 0.00131. The SMILES string of the molecule is [2H]C([2H])([2H])N1CC[C@@H](Nc2nc(OC)c3c(-c4ccc5nnn(C(CF)CF)c5c4)c(F)cn3n2)C(F)(F)C1. The normalized spacial score (nSPS) is 20.0. The van der Waals surface area contributed by atoms with Crippen molar-refractivity contribution in [1.29, 1.82) is 0 Å². The fraction of sp³-hybridized carbons (Fsp3) is 0.455. The molecule has 0 amide bonds. The van der Waals surface area contributed by atoms with Crippen molar-refractivity contribution in [2.45, 2.75) is 24.4 Å². The molecule has 0 unspecified atom stereocenters. The summed E-state index contributed by atoms with van der Waals surface area (Å²) < 4.78 is 101. The van der Waals surface area contributed by atoms with Crippen LogP contribution in [0.5, 0.6) is 5.88 Å². The van der Waals surface area contributed by atoms with Crippen LogP contribution in [-0.4, -0.2) is 87.0 Å². The number of rotatable bonds is 7. The fourth-order valence-corrected chi connectivity index (χ4v) is 4.31. The number of benzene rings is 1. The lowest BCUT2D eigenvalue weighted by atomic mass is 10.0. The van der Waals surface area contributed by atoms with Gasteiger partial charge in [-0.2, -0.15) is 4.98 Å². The van der Waals surface area contributed by atoms with E-state index in [0.717, 1.165) is 20.3 Å². The summed E-state index contributed by atoms with van der Waals surface area (Å²) in [6.45, 7) is -5.78. The van der Waals surface area contributed by atoms with Gasteiger partial charge in [0.15, 0.2) is 5.82 Å². The van der Waals surface area contributed by atoms with Gasteiger partial charge >= 0.3 is 0 Å². The Kier molecular flexibility index (Phi) is 5.24. The number of fused-ring (bicyclic) bond motifs is 2. The number of ether oxygens (including phenoxy) is 1. The Labute approximate surface area is 206 Å². The summed E-state index contributed by atoms with van der Waals surface area (Å²) in [5.41, 5.74) is 0.982. The molecule has 14 heteroatoms. The first-order valence-electron chi connectivity index (χ1n) is 12.5. The van der Waals surface area contributed by atoms with E-state index in [-0.39, 0.29) is 47.0 Å². The Morgan fingerprint density at radius 1 is 1.31 bits per heavy atom. The topological polar surface area (TPSA) is 85.4 Å². The fourth-order valence-electron chi connectivity index (χ4n) is 4.31. The predicted octanol–water partition coefficient (Wildman–Crippen LogP) is 3.52. The molecule has 3 aromatic heterocycles. The average molecular weight is 513 g/mol. The zero-order chi connectivity index (χ0) is 28.1. The van der Waals surface area contributed by atoms with Gasteiger partial charge in [0.05, 0.1) is 37.0 Å². The lowest BCUT2D eigenvalue weighted by Gasteiger charge is -2.36. The van der Waals surface area contributed by atoms with Gasteiger partial charge in [-0.1, -0.05) is 11.3 Å². The van der Waals surface area contributed by atoms with Crippen LogP contribution in [0.25, 0.3) is 27.7 Å². The summed E-state index contributed by atoms with van der Waals surface area (Å²) in [4.78, 5) is 4.88. The number of halogens is 5. The van der Waals surface area contributed by atoms with Crippen LogP contribution in [0.4, 0.5) is 27.9 Å². The summed E-state index contributed by atoms with van der Waals surface area (Å²) in [5, 5.41) is 14.4. The van der Waals surface area contributed by atoms with E-state index in [1.54, 1.807) is 0 Å². The van der Waals surface area contributed by atoms with Gasteiger partial charge in [-0.25, -0.2) is 31.1 Å². The number of hydrogen-bond acceptors (Lipinski definition) is 7. The number of hydrogen-bond donors (Lipinski definition) is 1. The Hall–Kier alpha value is -3.55. The summed E-state index contributed by atoms with van der Waals surface area (Å²) in [7, 11) is 1.26. The van der Waals surface area contributed by atoms with Crippen LogP contribution >= 0.6 is 0 Å². The number of likely N-dealkylation sites (tertiary alicyclic amines) is 1. The van der Waals surface area contributed by atoms with Gasteiger partial charge < -0.3 is 15.0 Å². The highest BCUT2D eigenvalue weighted by molar-refractivity contribution is 5.89. The minimum Gasteiger partial charge on any atom is -0.479 e. The Morgan fingerprint density at radius 3 is 2.81 bits per heavy atom. The molecular weight excluding hydrogens is 487 g/mol. The van der Waals surface area contributed by atoms with E-state index < -0.39 is 50.7 Å². The third-order valence-corrected chi connectivity index (χ3v) is 6.11. The van der Waals surface area contributed by atoms with Gasteiger partial charge in [0, 0.05) is 10.7 Å². The van der Waals surface area contributed by atoms with Gasteiger partial charge in [-0.05, 0) is 31.1 Å². The molecule has 5 rings (SSSR count). The number of nitrogens with zero attached hydrogens (tertiary/aromatic N) is 7. The highest BCUT2D eigenvalue weighted by Gasteiger charge is 2.44. The molecule has 4 aromatic rings. The molecule has 1 fully saturated rings. The van der Waals surface area contributed by atoms with E-state index in [2.05, 4.69) is 25.7 Å². The maximum Gasteiger partial charge on any atom is 0.280 e. The molecule has 1 saturated heterocycles. The van der Waals surface area contributed by atoms with Crippen LogP contribution in [0.15, 0.2) is 24.4 Å². The average Bonchev–Trinajstić information content (AvgIpc) is 3.44. The Balaban J connectivity index is 1.52. The molecule has 1 aliphatic heterocycles. The van der Waals surface area contributed by atoms with Crippen molar-refractivity contribution in [3.8, 4) is 17.0 Å². The molecule has 192 valence electrons. The molecule has 4 heterocycles. The maximum absolute atomic E-state index is 15.3. The van der Waals surface area contributed by atoms with Crippen LogP contribution in [-0.2, 0) is 0 Å². The van der Waals surface area contributed by atoms with Crippen molar-refractivity contribution < 1.29 is 30.8 Å². The van der Waals surface area contributed by atoms with Crippen LogP contribution in [0.2, 0.25) is 0 Å². The van der Waals surface area contributed by atoms with Crippen molar-refractivity contribution in [3.05, 3.63) is 30.2 Å². The molecule has 1 N–H and O–H groups in total. The van der Waals surface area contributed by atoms with E-state index in [1.807, 2.05) is 0 Å². The molecule has 0 bridgehead atoms. The predicted molar refractivity (Wildman–Crippen MR) is 121 cm³/mol. The molecule has 36 heavy (non-hydrogen) atoms. The zero-order valence-electron chi connectivity index (χ0n) is 21.9. The van der Waals surface area contributed by atoms with Gasteiger partial charge in [0.2, 0.25) is 11.8 Å². The van der Waals surface area contributed by atoms with Crippen molar-refractivity contribution in [1.82, 2.24) is 34.5 Å². The van der Waals surface area contributed by atoms with Crippen LogP contribution < -0.4 is 10.1 Å². The third kappa shape index (κ3) is 4.08. The highest BCUT2D eigenvalue weighted by atomic mass is 19.3. The first-order chi connectivity index (χ1) is 18.5. The third-order valence-electron chi connectivity index (χ3n) is 6.11. The zero-order valence-corrected chi connectivity index (χ0v) is 18.9. The van der Waals surface area contributed by atoms with E-state index >= 15 is 4.39 Å². The number of methoxy groups -OCH3 is 1. The number of anilines is 1. The minimum atomic E-state index is -3.42. The lowest BCUT2D eigenvalue weighted by molar-refractivity contribution is -0.0675. The van der Waals surface area contributed by atoms with E-state index in [9.17, 15) is 17.6 Å². The number of piperidine rings is 1. The van der Waals surface area contributed by atoms with Gasteiger partial charge in [0.25, 0.3) is 5.92 Å². The molecular formula is C22H23F5N8O. The van der Waals surface area contributed by atoms with E-state index in [0.29, 0.717) is 5.52 Å². The number of alkyl halides is 4. The van der Waals surface area contributed by atoms with Crippen molar-refractivity contribution in [2.24, 2.45) is 0 Å². The number of aromatic nitrogens is 6. The lowest BCUT2D eigenvalue weighted by Crippen LogP contribution is -2.53.